The van der Waals surface area contributed by atoms with Crippen LogP contribution >= 0.6 is 11.8 Å². The number of halogens is 2. The molecule has 0 aromatic heterocycles. The maximum absolute atomic E-state index is 12.5. The molecule has 72 valence electrons. The molecule has 0 aromatic rings. The molecule has 0 atom stereocenters. The van der Waals surface area contributed by atoms with Crippen LogP contribution in [0.2, 0.25) is 0 Å². The molecule has 5 heteroatoms. The normalized spacial score (nSPS) is 11.3. The topological polar surface area (TPSA) is 26.3 Å². The zero-order chi connectivity index (χ0) is 9.61. The molecule has 0 bridgehead atoms. The molecule has 0 aliphatic rings. The molecule has 0 fully saturated rings. The van der Waals surface area contributed by atoms with Gasteiger partial charge in [0.2, 0.25) is 0 Å². The van der Waals surface area contributed by atoms with Crippen LogP contribution in [-0.4, -0.2) is 24.1 Å². The van der Waals surface area contributed by atoms with E-state index in [1.165, 1.54) is 6.26 Å². The minimum absolute atomic E-state index is 0.0749. The molecule has 0 rings (SSSR count). The van der Waals surface area contributed by atoms with Gasteiger partial charge in [0.25, 0.3) is 0 Å². The Balaban J connectivity index is 3.72. The number of thioether (sulfide) groups is 1. The fourth-order valence-electron chi connectivity index (χ4n) is 0.477. The predicted molar refractivity (Wildman–Crippen MR) is 44.3 cm³/mol. The molecule has 0 aliphatic heterocycles. The third kappa shape index (κ3) is 3.90. The summed E-state index contributed by atoms with van der Waals surface area (Å²) in [4.78, 5) is 10.6. The van der Waals surface area contributed by atoms with E-state index in [0.29, 0.717) is 6.42 Å². The van der Waals surface area contributed by atoms with Crippen molar-refractivity contribution in [1.29, 1.82) is 0 Å². The van der Waals surface area contributed by atoms with Crippen molar-refractivity contribution in [2.45, 2.75) is 25.0 Å². The second-order valence-electron chi connectivity index (χ2n) is 2.21. The Morgan fingerprint density at radius 1 is 1.58 bits per heavy atom. The van der Waals surface area contributed by atoms with Crippen molar-refractivity contribution in [3.8, 4) is 0 Å². The first-order chi connectivity index (χ1) is 5.54. The molecule has 0 saturated heterocycles. The van der Waals surface area contributed by atoms with Gasteiger partial charge in [-0.25, -0.2) is 4.79 Å². The first-order valence-electron chi connectivity index (χ1n) is 3.64. The van der Waals surface area contributed by atoms with Gasteiger partial charge in [-0.1, -0.05) is 25.1 Å². The van der Waals surface area contributed by atoms with Gasteiger partial charge in [-0.05, 0) is 12.7 Å². The molecule has 0 aromatic carbocycles. The SMILES string of the molecule is CCCCOC(=O)C(F)(F)SC. The highest BCUT2D eigenvalue weighted by atomic mass is 32.2. The highest BCUT2D eigenvalue weighted by Crippen LogP contribution is 2.27. The van der Waals surface area contributed by atoms with Crippen molar-refractivity contribution in [2.24, 2.45) is 0 Å². The van der Waals surface area contributed by atoms with Crippen LogP contribution in [0.5, 0.6) is 0 Å². The largest absolute Gasteiger partial charge is 0.461 e. The van der Waals surface area contributed by atoms with Gasteiger partial charge in [-0.3, -0.25) is 0 Å². The van der Waals surface area contributed by atoms with E-state index in [1.807, 2.05) is 6.92 Å². The Kier molecular flexibility index (Phi) is 5.20. The van der Waals surface area contributed by atoms with E-state index >= 15 is 0 Å². The van der Waals surface area contributed by atoms with Gasteiger partial charge in [0.1, 0.15) is 0 Å². The van der Waals surface area contributed by atoms with E-state index < -0.39 is 11.2 Å². The van der Waals surface area contributed by atoms with Gasteiger partial charge in [0, 0.05) is 0 Å². The lowest BCUT2D eigenvalue weighted by Gasteiger charge is -2.11. The molecule has 0 saturated carbocycles. The molecule has 0 radical (unpaired) electrons. The summed E-state index contributed by atoms with van der Waals surface area (Å²) in [6.45, 7) is 1.96. The molecule has 0 heterocycles. The predicted octanol–water partition coefficient (Wildman–Crippen LogP) is 2.29. The first kappa shape index (κ1) is 11.7. The van der Waals surface area contributed by atoms with Gasteiger partial charge in [0.15, 0.2) is 0 Å². The summed E-state index contributed by atoms with van der Waals surface area (Å²) in [5, 5.41) is -3.40. The molecule has 0 N–H and O–H groups in total. The molecule has 2 nitrogen and oxygen atoms in total. The number of carbonyl (C=O) groups excluding carboxylic acids is 1. The number of carbonyl (C=O) groups is 1. The fourth-order valence-corrected chi connectivity index (χ4v) is 0.702. The zero-order valence-corrected chi connectivity index (χ0v) is 7.92. The number of hydrogen-bond acceptors (Lipinski definition) is 3. The standard InChI is InChI=1S/C7H12F2O2S/c1-3-4-5-11-6(10)7(8,9)12-2/h3-5H2,1-2H3. The summed E-state index contributed by atoms with van der Waals surface area (Å²) < 4.78 is 29.3. The van der Waals surface area contributed by atoms with E-state index in [0.717, 1.165) is 6.42 Å². The highest BCUT2D eigenvalue weighted by molar-refractivity contribution is 8.00. The van der Waals surface area contributed by atoms with Crippen molar-refractivity contribution >= 4 is 17.7 Å². The zero-order valence-electron chi connectivity index (χ0n) is 7.10. The Morgan fingerprint density at radius 3 is 2.58 bits per heavy atom. The Hall–Kier alpha value is -0.320. The average molecular weight is 198 g/mol. The van der Waals surface area contributed by atoms with Crippen LogP contribution < -0.4 is 0 Å². The second kappa shape index (κ2) is 5.35. The highest BCUT2D eigenvalue weighted by Gasteiger charge is 2.39. The molecule has 0 spiro atoms. The quantitative estimate of drug-likeness (QED) is 0.500. The van der Waals surface area contributed by atoms with Crippen molar-refractivity contribution < 1.29 is 18.3 Å². The van der Waals surface area contributed by atoms with E-state index in [2.05, 4.69) is 4.74 Å². The summed E-state index contributed by atoms with van der Waals surface area (Å²) >= 11 is 0.185. The second-order valence-corrected chi connectivity index (χ2v) is 3.13. The monoisotopic (exact) mass is 198 g/mol. The minimum atomic E-state index is -3.40. The van der Waals surface area contributed by atoms with E-state index in [-0.39, 0.29) is 18.4 Å². The van der Waals surface area contributed by atoms with Crippen LogP contribution in [0, 0.1) is 0 Å². The van der Waals surface area contributed by atoms with Crippen molar-refractivity contribution in [3.63, 3.8) is 0 Å². The smallest absolute Gasteiger partial charge is 0.388 e. The average Bonchev–Trinajstić information content (AvgIpc) is 2.05. The first-order valence-corrected chi connectivity index (χ1v) is 4.87. The number of unbranched alkanes of at least 4 members (excludes halogenated alkanes) is 1. The van der Waals surface area contributed by atoms with Crippen LogP contribution in [0.1, 0.15) is 19.8 Å². The van der Waals surface area contributed by atoms with Crippen LogP contribution in [0.25, 0.3) is 0 Å². The summed E-state index contributed by atoms with van der Waals surface area (Å²) in [6.07, 6.45) is 2.61. The summed E-state index contributed by atoms with van der Waals surface area (Å²) in [6, 6.07) is 0. The molecule has 0 amide bonds. The van der Waals surface area contributed by atoms with Crippen LogP contribution in [-0.2, 0) is 9.53 Å². The van der Waals surface area contributed by atoms with Gasteiger partial charge in [-0.15, -0.1) is 0 Å². The van der Waals surface area contributed by atoms with E-state index in [1.54, 1.807) is 0 Å². The lowest BCUT2D eigenvalue weighted by atomic mass is 10.4. The van der Waals surface area contributed by atoms with Gasteiger partial charge >= 0.3 is 11.2 Å². The van der Waals surface area contributed by atoms with Crippen molar-refractivity contribution in [3.05, 3.63) is 0 Å². The van der Waals surface area contributed by atoms with E-state index in [4.69, 9.17) is 0 Å². The third-order valence-electron chi connectivity index (χ3n) is 1.23. The Bertz CT molecular complexity index is 150. The number of esters is 1. The van der Waals surface area contributed by atoms with E-state index in [9.17, 15) is 13.6 Å². The third-order valence-corrected chi connectivity index (χ3v) is 1.90. The van der Waals surface area contributed by atoms with Gasteiger partial charge in [0.05, 0.1) is 6.61 Å². The lowest BCUT2D eigenvalue weighted by Crippen LogP contribution is -2.26. The molecular formula is C7H12F2O2S. The Morgan fingerprint density at radius 2 is 2.17 bits per heavy atom. The maximum atomic E-state index is 12.5. The number of ether oxygens (including phenoxy) is 1. The summed E-state index contributed by atoms with van der Waals surface area (Å²) in [7, 11) is 0. The molecule has 0 unspecified atom stereocenters. The molecule has 12 heavy (non-hydrogen) atoms. The summed E-state index contributed by atoms with van der Waals surface area (Å²) in [5.41, 5.74) is 0. The van der Waals surface area contributed by atoms with Crippen molar-refractivity contribution in [2.75, 3.05) is 12.9 Å². The maximum Gasteiger partial charge on any atom is 0.388 e. The molecular weight excluding hydrogens is 186 g/mol. The summed E-state index contributed by atoms with van der Waals surface area (Å²) in [5.74, 6) is -1.44. The minimum Gasteiger partial charge on any atom is -0.461 e. The van der Waals surface area contributed by atoms with Crippen molar-refractivity contribution in [1.82, 2.24) is 0 Å². The van der Waals surface area contributed by atoms with Crippen LogP contribution in [0.4, 0.5) is 8.78 Å². The Labute approximate surface area is 74.7 Å². The van der Waals surface area contributed by atoms with Gasteiger partial charge < -0.3 is 4.74 Å². The lowest BCUT2D eigenvalue weighted by molar-refractivity contribution is -0.160. The fraction of sp³-hybridized carbons (Fsp3) is 0.857. The number of alkyl halides is 2. The number of hydrogen-bond donors (Lipinski definition) is 0. The van der Waals surface area contributed by atoms with Crippen LogP contribution in [0.15, 0.2) is 0 Å². The van der Waals surface area contributed by atoms with Gasteiger partial charge in [-0.2, -0.15) is 8.78 Å². The molecule has 0 aliphatic carbocycles. The number of rotatable bonds is 5. The van der Waals surface area contributed by atoms with Crippen LogP contribution in [0.3, 0.4) is 0 Å².